The predicted molar refractivity (Wildman–Crippen MR) is 79.1 cm³/mol. The van der Waals surface area contributed by atoms with Crippen LogP contribution in [0.15, 0.2) is 18.2 Å². The number of amides is 1. The number of rotatable bonds is 3. The second-order valence-electron chi connectivity index (χ2n) is 6.17. The number of hydrogen-bond acceptors (Lipinski definition) is 3. The monoisotopic (exact) mass is 277 g/mol. The van der Waals surface area contributed by atoms with Crippen LogP contribution in [0.1, 0.15) is 38.3 Å². The Labute approximate surface area is 120 Å². The van der Waals surface area contributed by atoms with Crippen LogP contribution < -0.4 is 4.90 Å². The molecule has 20 heavy (non-hydrogen) atoms. The van der Waals surface area contributed by atoms with E-state index in [0.717, 1.165) is 24.9 Å². The highest BCUT2D eigenvalue weighted by molar-refractivity contribution is 5.90. The molecule has 0 aromatic heterocycles. The number of anilines is 1. The van der Waals surface area contributed by atoms with Crippen LogP contribution in [0.3, 0.4) is 0 Å². The van der Waals surface area contributed by atoms with Crippen LogP contribution in [0, 0.1) is 0 Å². The first-order valence-electron chi connectivity index (χ1n) is 7.14. The van der Waals surface area contributed by atoms with Gasteiger partial charge in [0.05, 0.1) is 5.69 Å². The normalized spacial score (nSPS) is 14.3. The minimum Gasteiger partial charge on any atom is -0.443 e. The third kappa shape index (κ3) is 3.51. The van der Waals surface area contributed by atoms with Gasteiger partial charge in [-0.15, -0.1) is 0 Å². The van der Waals surface area contributed by atoms with Crippen molar-refractivity contribution in [1.29, 1.82) is 0 Å². The van der Waals surface area contributed by atoms with E-state index >= 15 is 0 Å². The molecule has 1 aromatic rings. The first kappa shape index (κ1) is 14.9. The summed E-state index contributed by atoms with van der Waals surface area (Å²) in [5.74, 6) is 0. The molecule has 1 aliphatic heterocycles. The lowest BCUT2D eigenvalue weighted by Gasteiger charge is -2.24. The largest absolute Gasteiger partial charge is 0.443 e. The number of aliphatic hydroxyl groups is 1. The third-order valence-corrected chi connectivity index (χ3v) is 3.28. The Bertz CT molecular complexity index is 491. The van der Waals surface area contributed by atoms with E-state index in [2.05, 4.69) is 6.07 Å². The van der Waals surface area contributed by atoms with E-state index in [-0.39, 0.29) is 12.7 Å². The molecule has 0 fully saturated rings. The SMILES string of the molecule is CC(C)(C)OC(=O)N1CCc2cc(CCCO)ccc21. The van der Waals surface area contributed by atoms with Crippen LogP contribution in [0.2, 0.25) is 0 Å². The molecule has 0 bridgehead atoms. The molecule has 0 saturated carbocycles. The van der Waals surface area contributed by atoms with E-state index < -0.39 is 5.60 Å². The van der Waals surface area contributed by atoms with Crippen molar-refractivity contribution < 1.29 is 14.6 Å². The van der Waals surface area contributed by atoms with Crippen LogP contribution in [0.5, 0.6) is 0 Å². The summed E-state index contributed by atoms with van der Waals surface area (Å²) in [6, 6.07) is 6.14. The summed E-state index contributed by atoms with van der Waals surface area (Å²) in [7, 11) is 0. The standard InChI is InChI=1S/C16H23NO3/c1-16(2,3)20-15(19)17-9-8-13-11-12(5-4-10-18)6-7-14(13)17/h6-7,11,18H,4-5,8-10H2,1-3H3. The Morgan fingerprint density at radius 1 is 1.40 bits per heavy atom. The summed E-state index contributed by atoms with van der Waals surface area (Å²) in [4.78, 5) is 13.9. The lowest BCUT2D eigenvalue weighted by molar-refractivity contribution is 0.0584. The van der Waals surface area contributed by atoms with Gasteiger partial charge >= 0.3 is 6.09 Å². The Balaban J connectivity index is 2.11. The van der Waals surface area contributed by atoms with Gasteiger partial charge in [0.15, 0.2) is 0 Å². The number of hydrogen-bond donors (Lipinski definition) is 1. The summed E-state index contributed by atoms with van der Waals surface area (Å²) in [6.07, 6.45) is 2.23. The zero-order valence-corrected chi connectivity index (χ0v) is 12.5. The molecular formula is C16H23NO3. The minimum absolute atomic E-state index is 0.209. The van der Waals surface area contributed by atoms with Crippen molar-refractivity contribution in [2.24, 2.45) is 0 Å². The van der Waals surface area contributed by atoms with Crippen LogP contribution in [-0.2, 0) is 17.6 Å². The molecule has 1 N–H and O–H groups in total. The van der Waals surface area contributed by atoms with Crippen molar-refractivity contribution in [3.05, 3.63) is 29.3 Å². The van der Waals surface area contributed by atoms with Gasteiger partial charge in [0.25, 0.3) is 0 Å². The lowest BCUT2D eigenvalue weighted by Crippen LogP contribution is -2.35. The average molecular weight is 277 g/mol. The lowest BCUT2D eigenvalue weighted by atomic mass is 10.0. The third-order valence-electron chi connectivity index (χ3n) is 3.28. The van der Waals surface area contributed by atoms with E-state index in [1.54, 1.807) is 4.90 Å². The molecule has 0 atom stereocenters. The Kier molecular flexibility index (Phi) is 4.33. The van der Waals surface area contributed by atoms with Gasteiger partial charge in [-0.1, -0.05) is 12.1 Å². The van der Waals surface area contributed by atoms with Crippen molar-refractivity contribution in [1.82, 2.24) is 0 Å². The molecule has 4 nitrogen and oxygen atoms in total. The first-order chi connectivity index (χ1) is 9.40. The zero-order valence-electron chi connectivity index (χ0n) is 12.5. The number of benzene rings is 1. The van der Waals surface area contributed by atoms with Gasteiger partial charge in [-0.3, -0.25) is 4.90 Å². The van der Waals surface area contributed by atoms with E-state index in [1.165, 1.54) is 11.1 Å². The topological polar surface area (TPSA) is 49.8 Å². The van der Waals surface area contributed by atoms with Gasteiger partial charge in [-0.2, -0.15) is 0 Å². The fourth-order valence-corrected chi connectivity index (χ4v) is 2.40. The average Bonchev–Trinajstić information content (AvgIpc) is 2.77. The maximum Gasteiger partial charge on any atom is 0.414 e. The van der Waals surface area contributed by atoms with E-state index in [1.807, 2.05) is 32.9 Å². The van der Waals surface area contributed by atoms with E-state index in [4.69, 9.17) is 9.84 Å². The maximum absolute atomic E-state index is 12.2. The molecule has 1 aromatic carbocycles. The number of nitrogens with zero attached hydrogens (tertiary/aromatic N) is 1. The Hall–Kier alpha value is -1.55. The van der Waals surface area contributed by atoms with Gasteiger partial charge in [-0.05, 0) is 57.2 Å². The molecule has 0 radical (unpaired) electrons. The quantitative estimate of drug-likeness (QED) is 0.924. The van der Waals surface area contributed by atoms with Gasteiger partial charge in [0.2, 0.25) is 0 Å². The summed E-state index contributed by atoms with van der Waals surface area (Å²) in [5.41, 5.74) is 2.88. The zero-order chi connectivity index (χ0) is 14.8. The highest BCUT2D eigenvalue weighted by atomic mass is 16.6. The molecule has 0 spiro atoms. The van der Waals surface area contributed by atoms with Crippen LogP contribution >= 0.6 is 0 Å². The second kappa shape index (κ2) is 5.83. The number of aliphatic hydroxyl groups excluding tert-OH is 1. The number of carbonyl (C=O) groups excluding carboxylic acids is 1. The highest BCUT2D eigenvalue weighted by Crippen LogP contribution is 2.30. The van der Waals surface area contributed by atoms with Crippen molar-refractivity contribution >= 4 is 11.8 Å². The number of fused-ring (bicyclic) bond motifs is 1. The number of ether oxygens (including phenoxy) is 1. The summed E-state index contributed by atoms with van der Waals surface area (Å²) in [5, 5.41) is 8.87. The smallest absolute Gasteiger partial charge is 0.414 e. The first-order valence-corrected chi connectivity index (χ1v) is 7.14. The fraction of sp³-hybridized carbons (Fsp3) is 0.562. The molecule has 0 saturated heterocycles. The molecule has 110 valence electrons. The highest BCUT2D eigenvalue weighted by Gasteiger charge is 2.28. The Morgan fingerprint density at radius 3 is 2.80 bits per heavy atom. The molecule has 1 amide bonds. The molecule has 1 heterocycles. The number of aryl methyl sites for hydroxylation is 1. The maximum atomic E-state index is 12.2. The summed E-state index contributed by atoms with van der Waals surface area (Å²) >= 11 is 0. The summed E-state index contributed by atoms with van der Waals surface area (Å²) in [6.45, 7) is 6.51. The molecular weight excluding hydrogens is 254 g/mol. The van der Waals surface area contributed by atoms with Gasteiger partial charge < -0.3 is 9.84 Å². The fourth-order valence-electron chi connectivity index (χ4n) is 2.40. The predicted octanol–water partition coefficient (Wildman–Crippen LogP) is 2.91. The number of carbonyl (C=O) groups is 1. The van der Waals surface area contributed by atoms with Crippen molar-refractivity contribution in [2.75, 3.05) is 18.1 Å². The van der Waals surface area contributed by atoms with Crippen LogP contribution in [0.25, 0.3) is 0 Å². The minimum atomic E-state index is -0.471. The second-order valence-corrected chi connectivity index (χ2v) is 6.17. The van der Waals surface area contributed by atoms with Gasteiger partial charge in [0, 0.05) is 13.2 Å². The molecule has 2 rings (SSSR count). The van der Waals surface area contributed by atoms with Crippen LogP contribution in [-0.4, -0.2) is 30.0 Å². The molecule has 4 heteroatoms. The Morgan fingerprint density at radius 2 is 2.15 bits per heavy atom. The summed E-state index contributed by atoms with van der Waals surface area (Å²) < 4.78 is 5.43. The van der Waals surface area contributed by atoms with Crippen LogP contribution in [0.4, 0.5) is 10.5 Å². The van der Waals surface area contributed by atoms with Crippen molar-refractivity contribution in [3.8, 4) is 0 Å². The molecule has 0 aliphatic carbocycles. The van der Waals surface area contributed by atoms with E-state index in [0.29, 0.717) is 6.54 Å². The van der Waals surface area contributed by atoms with Gasteiger partial charge in [0.1, 0.15) is 5.60 Å². The van der Waals surface area contributed by atoms with E-state index in [9.17, 15) is 4.79 Å². The molecule has 1 aliphatic rings. The van der Waals surface area contributed by atoms with Crippen molar-refractivity contribution in [2.45, 2.75) is 45.6 Å². The van der Waals surface area contributed by atoms with Gasteiger partial charge in [-0.25, -0.2) is 4.79 Å². The molecule has 0 unspecified atom stereocenters. The van der Waals surface area contributed by atoms with Crippen molar-refractivity contribution in [3.63, 3.8) is 0 Å².